The van der Waals surface area contributed by atoms with Gasteiger partial charge in [0.05, 0.1) is 0 Å². The van der Waals surface area contributed by atoms with Crippen molar-refractivity contribution in [3.63, 3.8) is 0 Å². The van der Waals surface area contributed by atoms with Crippen LogP contribution in [0.25, 0.3) is 0 Å². The highest BCUT2D eigenvalue weighted by atomic mass is 16.4. The molecule has 0 radical (unpaired) electrons. The van der Waals surface area contributed by atoms with Crippen molar-refractivity contribution in [3.05, 3.63) is 29.6 Å². The minimum Gasteiger partial charge on any atom is -0.477 e. The summed E-state index contributed by atoms with van der Waals surface area (Å²) in [6.45, 7) is 2.93. The van der Waals surface area contributed by atoms with Crippen LogP contribution in [0.2, 0.25) is 0 Å². The Morgan fingerprint density at radius 3 is 2.95 bits per heavy atom. The lowest BCUT2D eigenvalue weighted by Crippen LogP contribution is -2.27. The van der Waals surface area contributed by atoms with Crippen LogP contribution in [-0.4, -0.2) is 28.5 Å². The zero-order valence-electron chi connectivity index (χ0n) is 12.3. The Bertz CT molecular complexity index is 516. The zero-order chi connectivity index (χ0) is 15.2. The van der Waals surface area contributed by atoms with Gasteiger partial charge in [0, 0.05) is 18.3 Å². The summed E-state index contributed by atoms with van der Waals surface area (Å²) in [7, 11) is 0. The molecule has 0 saturated heterocycles. The average molecular weight is 290 g/mol. The van der Waals surface area contributed by atoms with Gasteiger partial charge in [0.2, 0.25) is 0 Å². The van der Waals surface area contributed by atoms with Crippen LogP contribution >= 0.6 is 0 Å². The van der Waals surface area contributed by atoms with Crippen molar-refractivity contribution in [1.29, 1.82) is 0 Å². The van der Waals surface area contributed by atoms with Crippen molar-refractivity contribution >= 4 is 11.9 Å². The fourth-order valence-electron chi connectivity index (χ4n) is 3.00. The summed E-state index contributed by atoms with van der Waals surface area (Å²) < 4.78 is 0. The van der Waals surface area contributed by atoms with Crippen molar-refractivity contribution in [2.45, 2.75) is 39.0 Å². The molecule has 1 amide bonds. The number of carbonyl (C=O) groups is 2. The Kier molecular flexibility index (Phi) is 5.31. The molecule has 0 bridgehead atoms. The van der Waals surface area contributed by atoms with Crippen LogP contribution in [0.1, 0.15) is 59.9 Å². The van der Waals surface area contributed by atoms with Crippen molar-refractivity contribution < 1.29 is 14.7 Å². The van der Waals surface area contributed by atoms with E-state index in [2.05, 4.69) is 17.2 Å². The predicted molar refractivity (Wildman–Crippen MR) is 79.3 cm³/mol. The van der Waals surface area contributed by atoms with E-state index in [9.17, 15) is 9.59 Å². The molecule has 1 saturated carbocycles. The highest BCUT2D eigenvalue weighted by Gasteiger charge is 2.18. The van der Waals surface area contributed by atoms with E-state index in [0.29, 0.717) is 18.0 Å². The Labute approximate surface area is 124 Å². The second-order valence-electron chi connectivity index (χ2n) is 5.92. The van der Waals surface area contributed by atoms with Gasteiger partial charge in [-0.25, -0.2) is 9.78 Å². The summed E-state index contributed by atoms with van der Waals surface area (Å²) in [6, 6.07) is 2.84. The molecule has 1 aromatic heterocycles. The number of nitrogens with zero attached hydrogens (tertiary/aromatic N) is 1. The molecule has 0 aromatic carbocycles. The number of carboxylic acid groups (broad SMARTS) is 1. The SMILES string of the molecule is CC1CCCC(CCNC(=O)c2ccnc(C(=O)O)c2)C1. The summed E-state index contributed by atoms with van der Waals surface area (Å²) in [5.41, 5.74) is 0.239. The molecule has 0 spiro atoms. The van der Waals surface area contributed by atoms with E-state index in [4.69, 9.17) is 5.11 Å². The van der Waals surface area contributed by atoms with Gasteiger partial charge in [-0.2, -0.15) is 0 Å². The number of carbonyl (C=O) groups excluding carboxylic acids is 1. The Balaban J connectivity index is 1.81. The standard InChI is InChI=1S/C16H22N2O3/c1-11-3-2-4-12(9-11)5-7-18-15(19)13-6-8-17-14(10-13)16(20)21/h6,8,10-12H,2-5,7,9H2,1H3,(H,18,19)(H,20,21). The molecule has 114 valence electrons. The first-order chi connectivity index (χ1) is 10.1. The first-order valence-electron chi connectivity index (χ1n) is 7.54. The molecular weight excluding hydrogens is 268 g/mol. The number of amides is 1. The number of nitrogens with one attached hydrogen (secondary N) is 1. The molecule has 2 N–H and O–H groups in total. The molecule has 1 aliphatic carbocycles. The molecule has 5 heteroatoms. The normalized spacial score (nSPS) is 21.8. The van der Waals surface area contributed by atoms with Crippen LogP contribution in [0.3, 0.4) is 0 Å². The van der Waals surface area contributed by atoms with E-state index >= 15 is 0 Å². The summed E-state index contributed by atoms with van der Waals surface area (Å²) in [6.07, 6.45) is 7.44. The molecule has 2 rings (SSSR count). The summed E-state index contributed by atoms with van der Waals surface area (Å²) in [5, 5.41) is 11.7. The maximum absolute atomic E-state index is 12.0. The molecule has 1 heterocycles. The van der Waals surface area contributed by atoms with Crippen LogP contribution in [0.15, 0.2) is 18.3 Å². The molecule has 0 aliphatic heterocycles. The minimum atomic E-state index is -1.12. The first kappa shape index (κ1) is 15.5. The monoisotopic (exact) mass is 290 g/mol. The highest BCUT2D eigenvalue weighted by molar-refractivity contribution is 5.96. The minimum absolute atomic E-state index is 0.108. The van der Waals surface area contributed by atoms with Crippen molar-refractivity contribution in [1.82, 2.24) is 10.3 Å². The molecule has 1 aliphatic rings. The molecule has 21 heavy (non-hydrogen) atoms. The third kappa shape index (κ3) is 4.55. The van der Waals surface area contributed by atoms with Gasteiger partial charge in [0.15, 0.2) is 0 Å². The highest BCUT2D eigenvalue weighted by Crippen LogP contribution is 2.30. The Morgan fingerprint density at radius 2 is 2.24 bits per heavy atom. The molecule has 2 unspecified atom stereocenters. The number of pyridine rings is 1. The second kappa shape index (κ2) is 7.20. The predicted octanol–water partition coefficient (Wildman–Crippen LogP) is 2.73. The number of carboxylic acids is 1. The number of hydrogen-bond acceptors (Lipinski definition) is 3. The molecular formula is C16H22N2O3. The van der Waals surface area contributed by atoms with E-state index in [1.807, 2.05) is 0 Å². The summed E-state index contributed by atoms with van der Waals surface area (Å²) in [4.78, 5) is 26.5. The van der Waals surface area contributed by atoms with Gasteiger partial charge in [-0.05, 0) is 36.8 Å². The van der Waals surface area contributed by atoms with Gasteiger partial charge in [0.1, 0.15) is 5.69 Å². The van der Waals surface area contributed by atoms with Gasteiger partial charge < -0.3 is 10.4 Å². The van der Waals surface area contributed by atoms with E-state index < -0.39 is 5.97 Å². The van der Waals surface area contributed by atoms with E-state index in [0.717, 1.165) is 12.3 Å². The Morgan fingerprint density at radius 1 is 1.43 bits per heavy atom. The van der Waals surface area contributed by atoms with Gasteiger partial charge in [-0.1, -0.05) is 26.2 Å². The fraction of sp³-hybridized carbons (Fsp3) is 0.562. The van der Waals surface area contributed by atoms with Crippen LogP contribution in [0, 0.1) is 11.8 Å². The van der Waals surface area contributed by atoms with Gasteiger partial charge in [-0.15, -0.1) is 0 Å². The van der Waals surface area contributed by atoms with E-state index in [-0.39, 0.29) is 11.6 Å². The first-order valence-corrected chi connectivity index (χ1v) is 7.54. The topological polar surface area (TPSA) is 79.3 Å². The third-order valence-electron chi connectivity index (χ3n) is 4.12. The maximum Gasteiger partial charge on any atom is 0.354 e. The lowest BCUT2D eigenvalue weighted by Gasteiger charge is -2.26. The number of aromatic carboxylic acids is 1. The number of hydrogen-bond donors (Lipinski definition) is 2. The number of rotatable bonds is 5. The zero-order valence-corrected chi connectivity index (χ0v) is 12.3. The molecule has 2 atom stereocenters. The fourth-order valence-corrected chi connectivity index (χ4v) is 3.00. The maximum atomic E-state index is 12.0. The molecule has 5 nitrogen and oxygen atoms in total. The average Bonchev–Trinajstić information content (AvgIpc) is 2.47. The summed E-state index contributed by atoms with van der Waals surface area (Å²) in [5.74, 6) is 0.128. The van der Waals surface area contributed by atoms with Crippen molar-refractivity contribution in [2.75, 3.05) is 6.54 Å². The third-order valence-corrected chi connectivity index (χ3v) is 4.12. The van der Waals surface area contributed by atoms with E-state index in [1.165, 1.54) is 44.0 Å². The quantitative estimate of drug-likeness (QED) is 0.874. The van der Waals surface area contributed by atoms with Gasteiger partial charge in [0.25, 0.3) is 5.91 Å². The van der Waals surface area contributed by atoms with Crippen LogP contribution < -0.4 is 5.32 Å². The molecule has 1 aromatic rings. The second-order valence-corrected chi connectivity index (χ2v) is 5.92. The molecule has 1 fully saturated rings. The van der Waals surface area contributed by atoms with Crippen molar-refractivity contribution in [2.24, 2.45) is 11.8 Å². The van der Waals surface area contributed by atoms with Gasteiger partial charge >= 0.3 is 5.97 Å². The van der Waals surface area contributed by atoms with Gasteiger partial charge in [-0.3, -0.25) is 4.79 Å². The van der Waals surface area contributed by atoms with Crippen molar-refractivity contribution in [3.8, 4) is 0 Å². The van der Waals surface area contributed by atoms with Crippen LogP contribution in [-0.2, 0) is 0 Å². The lowest BCUT2D eigenvalue weighted by atomic mass is 9.81. The Hall–Kier alpha value is -1.91. The van der Waals surface area contributed by atoms with Crippen LogP contribution in [0.4, 0.5) is 0 Å². The number of aromatic nitrogens is 1. The lowest BCUT2D eigenvalue weighted by molar-refractivity contribution is 0.0690. The van der Waals surface area contributed by atoms with E-state index in [1.54, 1.807) is 0 Å². The largest absolute Gasteiger partial charge is 0.477 e. The summed E-state index contributed by atoms with van der Waals surface area (Å²) >= 11 is 0. The smallest absolute Gasteiger partial charge is 0.354 e. The van der Waals surface area contributed by atoms with Crippen LogP contribution in [0.5, 0.6) is 0 Å².